The number of halogens is 1. The van der Waals surface area contributed by atoms with Crippen LogP contribution in [0.5, 0.6) is 5.75 Å². The standard InChI is InChI=1S/C17H20BrNO2/c1-19-11-17(14-5-7-15(18)8-6-14)21-12-13-3-9-16(20-2)10-4-13/h3-10,17,19H,11-12H2,1-2H3. The number of methoxy groups -OCH3 is 1. The lowest BCUT2D eigenvalue weighted by Gasteiger charge is -2.18. The van der Waals surface area contributed by atoms with Crippen LogP contribution in [0.15, 0.2) is 53.0 Å². The highest BCUT2D eigenvalue weighted by Crippen LogP contribution is 2.21. The maximum atomic E-state index is 6.05. The molecular formula is C17H20BrNO2. The second-order valence-corrected chi connectivity index (χ2v) is 5.67. The van der Waals surface area contributed by atoms with Crippen molar-refractivity contribution < 1.29 is 9.47 Å². The van der Waals surface area contributed by atoms with Crippen molar-refractivity contribution in [2.45, 2.75) is 12.7 Å². The number of likely N-dealkylation sites (N-methyl/N-ethyl adjacent to an activating group) is 1. The van der Waals surface area contributed by atoms with Gasteiger partial charge in [0.25, 0.3) is 0 Å². The Kier molecular flexibility index (Phi) is 6.23. The molecule has 0 heterocycles. The van der Waals surface area contributed by atoms with Crippen LogP contribution in [0.25, 0.3) is 0 Å². The van der Waals surface area contributed by atoms with Crippen molar-refractivity contribution in [1.82, 2.24) is 5.32 Å². The van der Waals surface area contributed by atoms with Gasteiger partial charge in [-0.2, -0.15) is 0 Å². The van der Waals surface area contributed by atoms with E-state index in [1.54, 1.807) is 7.11 Å². The fraction of sp³-hybridized carbons (Fsp3) is 0.294. The molecule has 1 N–H and O–H groups in total. The average Bonchev–Trinajstić information content (AvgIpc) is 2.53. The monoisotopic (exact) mass is 349 g/mol. The minimum atomic E-state index is 0.0326. The number of rotatable bonds is 7. The lowest BCUT2D eigenvalue weighted by molar-refractivity contribution is 0.0410. The SMILES string of the molecule is CNCC(OCc1ccc(OC)cc1)c1ccc(Br)cc1. The Morgan fingerprint density at radius 3 is 2.29 bits per heavy atom. The Morgan fingerprint density at radius 1 is 1.05 bits per heavy atom. The summed E-state index contributed by atoms with van der Waals surface area (Å²) in [5.74, 6) is 0.860. The van der Waals surface area contributed by atoms with Crippen molar-refractivity contribution >= 4 is 15.9 Å². The van der Waals surface area contributed by atoms with Gasteiger partial charge in [-0.25, -0.2) is 0 Å². The molecule has 2 aromatic carbocycles. The van der Waals surface area contributed by atoms with Gasteiger partial charge in [0.2, 0.25) is 0 Å². The third-order valence-corrected chi connectivity index (χ3v) is 3.77. The second-order valence-electron chi connectivity index (χ2n) is 4.76. The van der Waals surface area contributed by atoms with Crippen LogP contribution in [0.2, 0.25) is 0 Å². The number of ether oxygens (including phenoxy) is 2. The molecule has 0 saturated heterocycles. The first kappa shape index (κ1) is 16.0. The third kappa shape index (κ3) is 4.84. The summed E-state index contributed by atoms with van der Waals surface area (Å²) in [6.07, 6.45) is 0.0326. The van der Waals surface area contributed by atoms with Gasteiger partial charge in [-0.3, -0.25) is 0 Å². The molecular weight excluding hydrogens is 330 g/mol. The average molecular weight is 350 g/mol. The smallest absolute Gasteiger partial charge is 0.118 e. The molecule has 1 atom stereocenters. The van der Waals surface area contributed by atoms with Gasteiger partial charge in [0, 0.05) is 11.0 Å². The predicted octanol–water partition coefficient (Wildman–Crippen LogP) is 3.94. The molecule has 0 saturated carbocycles. The normalized spacial score (nSPS) is 12.1. The number of benzene rings is 2. The molecule has 3 nitrogen and oxygen atoms in total. The summed E-state index contributed by atoms with van der Waals surface area (Å²) in [6.45, 7) is 1.35. The Morgan fingerprint density at radius 2 is 1.71 bits per heavy atom. The first-order valence-electron chi connectivity index (χ1n) is 6.87. The van der Waals surface area contributed by atoms with Crippen LogP contribution >= 0.6 is 15.9 Å². The van der Waals surface area contributed by atoms with Gasteiger partial charge < -0.3 is 14.8 Å². The fourth-order valence-corrected chi connectivity index (χ4v) is 2.32. The highest BCUT2D eigenvalue weighted by Gasteiger charge is 2.11. The largest absolute Gasteiger partial charge is 0.497 e. The van der Waals surface area contributed by atoms with Crippen molar-refractivity contribution in [2.24, 2.45) is 0 Å². The molecule has 21 heavy (non-hydrogen) atoms. The van der Waals surface area contributed by atoms with E-state index in [1.807, 2.05) is 43.4 Å². The van der Waals surface area contributed by atoms with Crippen LogP contribution in [0, 0.1) is 0 Å². The molecule has 0 radical (unpaired) electrons. The quantitative estimate of drug-likeness (QED) is 0.821. The summed E-state index contributed by atoms with van der Waals surface area (Å²) in [6, 6.07) is 16.2. The summed E-state index contributed by atoms with van der Waals surface area (Å²) in [7, 11) is 3.60. The van der Waals surface area contributed by atoms with E-state index < -0.39 is 0 Å². The lowest BCUT2D eigenvalue weighted by Crippen LogP contribution is -2.19. The molecule has 0 amide bonds. The van der Waals surface area contributed by atoms with E-state index in [-0.39, 0.29) is 6.10 Å². The Hall–Kier alpha value is -1.36. The molecule has 2 aromatic rings. The highest BCUT2D eigenvalue weighted by atomic mass is 79.9. The highest BCUT2D eigenvalue weighted by molar-refractivity contribution is 9.10. The summed E-state index contributed by atoms with van der Waals surface area (Å²) in [5, 5.41) is 3.18. The molecule has 0 aliphatic rings. The zero-order chi connectivity index (χ0) is 15.1. The third-order valence-electron chi connectivity index (χ3n) is 3.24. The maximum absolute atomic E-state index is 6.05. The van der Waals surface area contributed by atoms with E-state index in [0.29, 0.717) is 6.61 Å². The topological polar surface area (TPSA) is 30.5 Å². The van der Waals surface area contributed by atoms with Gasteiger partial charge in [-0.1, -0.05) is 40.2 Å². The first-order valence-corrected chi connectivity index (χ1v) is 7.67. The van der Waals surface area contributed by atoms with E-state index in [1.165, 1.54) is 5.56 Å². The van der Waals surface area contributed by atoms with Gasteiger partial charge in [0.1, 0.15) is 5.75 Å². The molecule has 2 rings (SSSR count). The van der Waals surface area contributed by atoms with Crippen molar-refractivity contribution in [3.63, 3.8) is 0 Å². The molecule has 0 bridgehead atoms. The van der Waals surface area contributed by atoms with Gasteiger partial charge >= 0.3 is 0 Å². The maximum Gasteiger partial charge on any atom is 0.118 e. The Balaban J connectivity index is 2.00. The van der Waals surface area contributed by atoms with Crippen LogP contribution in [0.3, 0.4) is 0 Å². The van der Waals surface area contributed by atoms with E-state index >= 15 is 0 Å². The molecule has 1 unspecified atom stereocenters. The molecule has 0 spiro atoms. The first-order chi connectivity index (χ1) is 10.2. The van der Waals surface area contributed by atoms with Crippen LogP contribution < -0.4 is 10.1 Å². The lowest BCUT2D eigenvalue weighted by atomic mass is 10.1. The van der Waals surface area contributed by atoms with E-state index in [4.69, 9.17) is 9.47 Å². The van der Waals surface area contributed by atoms with E-state index in [2.05, 4.69) is 33.4 Å². The minimum absolute atomic E-state index is 0.0326. The summed E-state index contributed by atoms with van der Waals surface area (Å²) in [4.78, 5) is 0. The summed E-state index contributed by atoms with van der Waals surface area (Å²) >= 11 is 3.45. The van der Waals surface area contributed by atoms with Crippen molar-refractivity contribution in [3.8, 4) is 5.75 Å². The zero-order valence-corrected chi connectivity index (χ0v) is 13.9. The van der Waals surface area contributed by atoms with Gasteiger partial charge in [-0.15, -0.1) is 0 Å². The molecule has 0 fully saturated rings. The number of hydrogen-bond donors (Lipinski definition) is 1. The predicted molar refractivity (Wildman–Crippen MR) is 88.6 cm³/mol. The molecule has 0 aliphatic carbocycles. The number of hydrogen-bond acceptors (Lipinski definition) is 3. The minimum Gasteiger partial charge on any atom is -0.497 e. The van der Waals surface area contributed by atoms with Crippen molar-refractivity contribution in [1.29, 1.82) is 0 Å². The molecule has 0 aliphatic heterocycles. The Bertz CT molecular complexity index is 540. The Labute approximate surface area is 134 Å². The molecule has 112 valence electrons. The van der Waals surface area contributed by atoms with Gasteiger partial charge in [0.05, 0.1) is 19.8 Å². The number of nitrogens with one attached hydrogen (secondary N) is 1. The fourth-order valence-electron chi connectivity index (χ4n) is 2.05. The molecule has 0 aromatic heterocycles. The van der Waals surface area contributed by atoms with Crippen molar-refractivity contribution in [2.75, 3.05) is 20.7 Å². The van der Waals surface area contributed by atoms with Crippen molar-refractivity contribution in [3.05, 3.63) is 64.1 Å². The van der Waals surface area contributed by atoms with Crippen LogP contribution in [-0.2, 0) is 11.3 Å². The van der Waals surface area contributed by atoms with Crippen LogP contribution in [0.4, 0.5) is 0 Å². The van der Waals surface area contributed by atoms with Gasteiger partial charge in [-0.05, 0) is 42.4 Å². The van der Waals surface area contributed by atoms with E-state index in [9.17, 15) is 0 Å². The summed E-state index contributed by atoms with van der Waals surface area (Å²) in [5.41, 5.74) is 2.30. The second kappa shape index (κ2) is 8.17. The molecule has 4 heteroatoms. The van der Waals surface area contributed by atoms with E-state index in [0.717, 1.165) is 22.3 Å². The zero-order valence-electron chi connectivity index (χ0n) is 12.3. The summed E-state index contributed by atoms with van der Waals surface area (Å²) < 4.78 is 12.3. The van der Waals surface area contributed by atoms with Crippen LogP contribution in [0.1, 0.15) is 17.2 Å². The van der Waals surface area contributed by atoms with Gasteiger partial charge in [0.15, 0.2) is 0 Å². The van der Waals surface area contributed by atoms with Crippen LogP contribution in [-0.4, -0.2) is 20.7 Å².